The van der Waals surface area contributed by atoms with Crippen molar-refractivity contribution in [1.82, 2.24) is 4.90 Å². The molecule has 0 aromatic heterocycles. The molecule has 0 aliphatic heterocycles. The van der Waals surface area contributed by atoms with Crippen LogP contribution in [0.3, 0.4) is 0 Å². The van der Waals surface area contributed by atoms with Crippen LogP contribution in [0, 0.1) is 0 Å². The van der Waals surface area contributed by atoms with E-state index < -0.39 is 5.91 Å². The Bertz CT molecular complexity index is 652. The fourth-order valence-electron chi connectivity index (χ4n) is 2.12. The van der Waals surface area contributed by atoms with Gasteiger partial charge in [0.25, 0.3) is 5.91 Å². The number of phenolic OH excluding ortho intramolecular Hbond substituents is 2. The van der Waals surface area contributed by atoms with Crippen LogP contribution >= 0.6 is 11.6 Å². The van der Waals surface area contributed by atoms with Crippen LogP contribution in [0.4, 0.5) is 0 Å². The molecule has 0 spiro atoms. The summed E-state index contributed by atoms with van der Waals surface area (Å²) in [6.07, 6.45) is 0. The minimum atomic E-state index is -0.474. The van der Waals surface area contributed by atoms with Crippen molar-refractivity contribution < 1.29 is 15.0 Å². The zero-order chi connectivity index (χ0) is 15.6. The van der Waals surface area contributed by atoms with Crippen LogP contribution in [0.2, 0.25) is 5.02 Å². The van der Waals surface area contributed by atoms with E-state index in [0.717, 1.165) is 5.56 Å². The van der Waals surface area contributed by atoms with E-state index in [2.05, 4.69) is 0 Å². The van der Waals surface area contributed by atoms with Crippen molar-refractivity contribution in [3.63, 3.8) is 0 Å². The third-order valence-corrected chi connectivity index (χ3v) is 3.84. The number of phenols is 2. The van der Waals surface area contributed by atoms with Gasteiger partial charge in [-0.15, -0.1) is 0 Å². The Morgan fingerprint density at radius 3 is 2.24 bits per heavy atom. The maximum absolute atomic E-state index is 12.5. The molecule has 1 unspecified atom stereocenters. The molecule has 4 nitrogen and oxygen atoms in total. The van der Waals surface area contributed by atoms with Gasteiger partial charge in [0.05, 0.1) is 6.04 Å². The molecule has 0 saturated carbocycles. The lowest BCUT2D eigenvalue weighted by atomic mass is 10.1. The van der Waals surface area contributed by atoms with Crippen LogP contribution in [0.25, 0.3) is 0 Å². The maximum Gasteiger partial charge on any atom is 0.261 e. The summed E-state index contributed by atoms with van der Waals surface area (Å²) in [5.74, 6) is -0.977. The lowest BCUT2D eigenvalue weighted by Gasteiger charge is -2.26. The summed E-state index contributed by atoms with van der Waals surface area (Å²) < 4.78 is 0. The minimum Gasteiger partial charge on any atom is -0.507 e. The zero-order valence-corrected chi connectivity index (χ0v) is 12.5. The maximum atomic E-state index is 12.5. The summed E-state index contributed by atoms with van der Waals surface area (Å²) in [6, 6.07) is 11.1. The lowest BCUT2D eigenvalue weighted by molar-refractivity contribution is 0.0736. The fraction of sp³-hybridized carbons (Fsp3) is 0.188. The molecule has 5 heteroatoms. The van der Waals surface area contributed by atoms with Gasteiger partial charge in [0.1, 0.15) is 17.1 Å². The van der Waals surface area contributed by atoms with E-state index in [4.69, 9.17) is 11.6 Å². The van der Waals surface area contributed by atoms with E-state index in [1.54, 1.807) is 13.1 Å². The van der Waals surface area contributed by atoms with E-state index in [1.807, 2.05) is 25.1 Å². The Morgan fingerprint density at radius 1 is 1.10 bits per heavy atom. The number of carbonyl (C=O) groups is 1. The quantitative estimate of drug-likeness (QED) is 0.911. The molecule has 0 fully saturated rings. The second-order valence-electron chi connectivity index (χ2n) is 4.78. The van der Waals surface area contributed by atoms with E-state index in [9.17, 15) is 15.0 Å². The van der Waals surface area contributed by atoms with E-state index >= 15 is 0 Å². The SMILES string of the molecule is CC(c1ccccc1Cl)N(C)C(=O)c1c(O)cccc1O. The third kappa shape index (κ3) is 2.95. The predicted molar refractivity (Wildman–Crippen MR) is 81.7 cm³/mol. The van der Waals surface area contributed by atoms with Gasteiger partial charge in [-0.1, -0.05) is 35.9 Å². The monoisotopic (exact) mass is 305 g/mol. The van der Waals surface area contributed by atoms with Gasteiger partial charge in [-0.3, -0.25) is 4.79 Å². The first-order valence-electron chi connectivity index (χ1n) is 6.46. The number of hydrogen-bond donors (Lipinski definition) is 2. The summed E-state index contributed by atoms with van der Waals surface area (Å²) in [5.41, 5.74) is 0.684. The molecule has 110 valence electrons. The highest BCUT2D eigenvalue weighted by molar-refractivity contribution is 6.31. The minimum absolute atomic E-state index is 0.112. The number of amides is 1. The second-order valence-corrected chi connectivity index (χ2v) is 5.19. The van der Waals surface area contributed by atoms with Gasteiger partial charge in [-0.2, -0.15) is 0 Å². The Labute approximate surface area is 128 Å². The molecule has 2 aromatic rings. The summed E-state index contributed by atoms with van der Waals surface area (Å²) in [4.78, 5) is 13.9. The van der Waals surface area contributed by atoms with Gasteiger partial charge in [0.15, 0.2) is 0 Å². The van der Waals surface area contributed by atoms with Gasteiger partial charge in [0.2, 0.25) is 0 Å². The molecule has 1 atom stereocenters. The topological polar surface area (TPSA) is 60.8 Å². The first kappa shape index (κ1) is 15.2. The molecule has 0 saturated heterocycles. The van der Waals surface area contributed by atoms with Gasteiger partial charge in [-0.25, -0.2) is 0 Å². The molecule has 0 heterocycles. The average molecular weight is 306 g/mol. The van der Waals surface area contributed by atoms with Gasteiger partial charge in [-0.05, 0) is 30.7 Å². The van der Waals surface area contributed by atoms with E-state index in [1.165, 1.54) is 23.1 Å². The Balaban J connectivity index is 2.34. The molecular formula is C16H16ClNO3. The molecule has 0 aliphatic rings. The second kappa shape index (κ2) is 6.06. The largest absolute Gasteiger partial charge is 0.507 e. The highest BCUT2D eigenvalue weighted by Crippen LogP contribution is 2.32. The van der Waals surface area contributed by atoms with Crippen LogP contribution in [-0.4, -0.2) is 28.1 Å². The molecule has 2 rings (SSSR count). The molecule has 2 N–H and O–H groups in total. The Kier molecular flexibility index (Phi) is 4.38. The van der Waals surface area contributed by atoms with Crippen LogP contribution in [0.15, 0.2) is 42.5 Å². The van der Waals surface area contributed by atoms with E-state index in [0.29, 0.717) is 5.02 Å². The molecule has 0 radical (unpaired) electrons. The molecule has 2 aromatic carbocycles. The number of nitrogens with zero attached hydrogens (tertiary/aromatic N) is 1. The summed E-state index contributed by atoms with van der Waals surface area (Å²) in [5, 5.41) is 20.1. The Morgan fingerprint density at radius 2 is 1.67 bits per heavy atom. The molecule has 21 heavy (non-hydrogen) atoms. The highest BCUT2D eigenvalue weighted by atomic mass is 35.5. The number of halogens is 1. The molecule has 0 aliphatic carbocycles. The van der Waals surface area contributed by atoms with Gasteiger partial charge >= 0.3 is 0 Å². The number of benzene rings is 2. The van der Waals surface area contributed by atoms with Crippen LogP contribution in [-0.2, 0) is 0 Å². The number of aromatic hydroxyl groups is 2. The third-order valence-electron chi connectivity index (χ3n) is 3.49. The van der Waals surface area contributed by atoms with Crippen LogP contribution in [0.5, 0.6) is 11.5 Å². The lowest BCUT2D eigenvalue weighted by Crippen LogP contribution is -2.30. The summed E-state index contributed by atoms with van der Waals surface area (Å²) >= 11 is 6.14. The van der Waals surface area contributed by atoms with Gasteiger partial charge < -0.3 is 15.1 Å². The zero-order valence-electron chi connectivity index (χ0n) is 11.7. The smallest absolute Gasteiger partial charge is 0.261 e. The van der Waals surface area contributed by atoms with Gasteiger partial charge in [0, 0.05) is 12.1 Å². The van der Waals surface area contributed by atoms with Crippen LogP contribution < -0.4 is 0 Å². The van der Waals surface area contributed by atoms with Crippen molar-refractivity contribution in [1.29, 1.82) is 0 Å². The van der Waals surface area contributed by atoms with Crippen molar-refractivity contribution in [3.8, 4) is 11.5 Å². The van der Waals surface area contributed by atoms with Crippen molar-refractivity contribution in [2.75, 3.05) is 7.05 Å². The van der Waals surface area contributed by atoms with Crippen molar-refractivity contribution >= 4 is 17.5 Å². The highest BCUT2D eigenvalue weighted by Gasteiger charge is 2.24. The number of hydrogen-bond acceptors (Lipinski definition) is 3. The fourth-order valence-corrected chi connectivity index (χ4v) is 2.42. The summed E-state index contributed by atoms with van der Waals surface area (Å²) in [7, 11) is 1.60. The number of carbonyl (C=O) groups excluding carboxylic acids is 1. The van der Waals surface area contributed by atoms with E-state index in [-0.39, 0.29) is 23.1 Å². The molecule has 1 amide bonds. The summed E-state index contributed by atoms with van der Waals surface area (Å²) in [6.45, 7) is 1.83. The number of rotatable bonds is 3. The van der Waals surface area contributed by atoms with Crippen molar-refractivity contribution in [2.24, 2.45) is 0 Å². The normalized spacial score (nSPS) is 12.0. The van der Waals surface area contributed by atoms with Crippen LogP contribution in [0.1, 0.15) is 28.9 Å². The average Bonchev–Trinajstić information content (AvgIpc) is 2.46. The predicted octanol–water partition coefficient (Wildman–Crippen LogP) is 3.58. The molecule has 0 bridgehead atoms. The Hall–Kier alpha value is -2.20. The van der Waals surface area contributed by atoms with Crippen molar-refractivity contribution in [2.45, 2.75) is 13.0 Å². The standard InChI is InChI=1S/C16H16ClNO3/c1-10(11-6-3-4-7-12(11)17)18(2)16(21)15-13(19)8-5-9-14(15)20/h3-10,19-20H,1-2H3. The van der Waals surface area contributed by atoms with Crippen molar-refractivity contribution in [3.05, 3.63) is 58.6 Å². The first-order chi connectivity index (χ1) is 9.93. The molecular weight excluding hydrogens is 290 g/mol. The first-order valence-corrected chi connectivity index (χ1v) is 6.83.